The summed E-state index contributed by atoms with van der Waals surface area (Å²) in [5, 5.41) is 3.74. The topological polar surface area (TPSA) is 21.3 Å². The zero-order valence-corrected chi connectivity index (χ0v) is 9.94. The Kier molecular flexibility index (Phi) is 2.49. The Morgan fingerprint density at radius 3 is 2.94 bits per heavy atom. The van der Waals surface area contributed by atoms with E-state index in [1.807, 2.05) is 0 Å². The molecule has 0 saturated carbocycles. The Morgan fingerprint density at radius 2 is 2.12 bits per heavy atom. The second-order valence-corrected chi connectivity index (χ2v) is 5.28. The first-order valence-electron chi connectivity index (χ1n) is 6.21. The van der Waals surface area contributed by atoms with Crippen LogP contribution in [0.1, 0.15) is 31.1 Å². The van der Waals surface area contributed by atoms with Crippen molar-refractivity contribution in [3.05, 3.63) is 35.4 Å². The van der Waals surface area contributed by atoms with Crippen molar-refractivity contribution in [2.24, 2.45) is 5.92 Å². The first-order chi connectivity index (χ1) is 7.75. The van der Waals surface area contributed by atoms with Gasteiger partial charge in [-0.3, -0.25) is 0 Å². The summed E-state index contributed by atoms with van der Waals surface area (Å²) < 4.78 is 6.04. The van der Waals surface area contributed by atoms with Crippen molar-refractivity contribution >= 4 is 0 Å². The molecular formula is C14H19NO. The standard InChI is InChI=1S/C14H19NO/c1-9(2)13-8-16-14-11-6-4-3-5-10(11)7-12(14)15-13/h3-6,9,12-15H,7-8H2,1-2H3. The molecule has 2 heteroatoms. The maximum absolute atomic E-state index is 6.04. The lowest BCUT2D eigenvalue weighted by atomic mass is 10.00. The van der Waals surface area contributed by atoms with E-state index in [0.717, 1.165) is 13.0 Å². The van der Waals surface area contributed by atoms with Crippen LogP contribution in [-0.4, -0.2) is 18.7 Å². The van der Waals surface area contributed by atoms with Crippen molar-refractivity contribution < 1.29 is 4.74 Å². The highest BCUT2D eigenvalue weighted by atomic mass is 16.5. The molecule has 0 aromatic heterocycles. The van der Waals surface area contributed by atoms with Crippen molar-refractivity contribution in [2.75, 3.05) is 6.61 Å². The molecule has 3 unspecified atom stereocenters. The molecule has 1 heterocycles. The lowest BCUT2D eigenvalue weighted by Gasteiger charge is -2.36. The molecule has 1 saturated heterocycles. The maximum Gasteiger partial charge on any atom is 0.0984 e. The fourth-order valence-electron chi connectivity index (χ4n) is 2.83. The summed E-state index contributed by atoms with van der Waals surface area (Å²) in [7, 11) is 0. The summed E-state index contributed by atoms with van der Waals surface area (Å²) in [4.78, 5) is 0. The molecule has 0 bridgehead atoms. The SMILES string of the molecule is CC(C)C1COC2c3ccccc3CC2N1. The van der Waals surface area contributed by atoms with Crippen LogP contribution in [0.3, 0.4) is 0 Å². The number of benzene rings is 1. The lowest BCUT2D eigenvalue weighted by molar-refractivity contribution is -0.0307. The van der Waals surface area contributed by atoms with Crippen LogP contribution in [0.5, 0.6) is 0 Å². The Hall–Kier alpha value is -0.860. The summed E-state index contributed by atoms with van der Waals surface area (Å²) in [6.07, 6.45) is 1.40. The second kappa shape index (κ2) is 3.86. The molecule has 2 nitrogen and oxygen atoms in total. The van der Waals surface area contributed by atoms with Gasteiger partial charge in [0.05, 0.1) is 12.7 Å². The zero-order valence-electron chi connectivity index (χ0n) is 9.94. The average molecular weight is 217 g/mol. The molecule has 1 aromatic rings. The third-order valence-electron chi connectivity index (χ3n) is 3.86. The molecule has 0 spiro atoms. The normalized spacial score (nSPS) is 32.6. The number of rotatable bonds is 1. The maximum atomic E-state index is 6.04. The number of fused-ring (bicyclic) bond motifs is 3. The number of nitrogens with one attached hydrogen (secondary N) is 1. The van der Waals surface area contributed by atoms with Crippen LogP contribution in [0, 0.1) is 5.92 Å². The Labute approximate surface area is 97.0 Å². The van der Waals surface area contributed by atoms with Gasteiger partial charge in [-0.15, -0.1) is 0 Å². The quantitative estimate of drug-likeness (QED) is 0.779. The van der Waals surface area contributed by atoms with Crippen LogP contribution in [0.25, 0.3) is 0 Å². The zero-order chi connectivity index (χ0) is 11.1. The summed E-state index contributed by atoms with van der Waals surface area (Å²) in [6.45, 7) is 5.35. The average Bonchev–Trinajstić information content (AvgIpc) is 2.66. The van der Waals surface area contributed by atoms with Gasteiger partial charge in [-0.25, -0.2) is 0 Å². The van der Waals surface area contributed by atoms with Crippen molar-refractivity contribution in [2.45, 2.75) is 38.5 Å². The number of hydrogen-bond donors (Lipinski definition) is 1. The molecule has 86 valence electrons. The molecular weight excluding hydrogens is 198 g/mol. The van der Waals surface area contributed by atoms with Gasteiger partial charge in [-0.05, 0) is 23.5 Å². The summed E-state index contributed by atoms with van der Waals surface area (Å²) in [5.41, 5.74) is 2.84. The van der Waals surface area contributed by atoms with Crippen molar-refractivity contribution in [1.82, 2.24) is 5.32 Å². The van der Waals surface area contributed by atoms with Gasteiger partial charge in [0.25, 0.3) is 0 Å². The number of morpholine rings is 1. The van der Waals surface area contributed by atoms with Gasteiger partial charge >= 0.3 is 0 Å². The van der Waals surface area contributed by atoms with E-state index in [0.29, 0.717) is 18.0 Å². The molecule has 3 rings (SSSR count). The molecule has 1 aromatic carbocycles. The second-order valence-electron chi connectivity index (χ2n) is 5.28. The molecule has 1 aliphatic carbocycles. The van der Waals surface area contributed by atoms with E-state index in [-0.39, 0.29) is 6.10 Å². The molecule has 0 radical (unpaired) electrons. The lowest BCUT2D eigenvalue weighted by Crippen LogP contribution is -2.51. The van der Waals surface area contributed by atoms with Crippen LogP contribution in [0.2, 0.25) is 0 Å². The van der Waals surface area contributed by atoms with Crippen LogP contribution in [0.15, 0.2) is 24.3 Å². The van der Waals surface area contributed by atoms with Crippen molar-refractivity contribution in [3.63, 3.8) is 0 Å². The van der Waals surface area contributed by atoms with E-state index in [2.05, 4.69) is 43.4 Å². The number of ether oxygens (including phenoxy) is 1. The van der Waals surface area contributed by atoms with Gasteiger partial charge in [0.1, 0.15) is 0 Å². The van der Waals surface area contributed by atoms with Crippen LogP contribution < -0.4 is 5.32 Å². The Bertz CT molecular complexity index is 388. The minimum atomic E-state index is 0.284. The predicted octanol–water partition coefficient (Wildman–Crippen LogP) is 2.30. The molecule has 1 N–H and O–H groups in total. The van der Waals surface area contributed by atoms with Crippen LogP contribution in [-0.2, 0) is 11.2 Å². The monoisotopic (exact) mass is 217 g/mol. The summed E-state index contributed by atoms with van der Waals surface area (Å²) in [6, 6.07) is 9.66. The molecule has 1 fully saturated rings. The van der Waals surface area contributed by atoms with Gasteiger partial charge in [0.2, 0.25) is 0 Å². The van der Waals surface area contributed by atoms with Crippen molar-refractivity contribution in [1.29, 1.82) is 0 Å². The van der Waals surface area contributed by atoms with Gasteiger partial charge in [-0.1, -0.05) is 38.1 Å². The molecule has 1 aliphatic heterocycles. The largest absolute Gasteiger partial charge is 0.370 e. The van der Waals surface area contributed by atoms with E-state index >= 15 is 0 Å². The Balaban J connectivity index is 1.82. The number of hydrogen-bond acceptors (Lipinski definition) is 2. The van der Waals surface area contributed by atoms with Gasteiger partial charge in [-0.2, -0.15) is 0 Å². The first kappa shape index (κ1) is 10.3. The predicted molar refractivity (Wildman–Crippen MR) is 64.4 cm³/mol. The highest BCUT2D eigenvalue weighted by Gasteiger charge is 2.38. The van der Waals surface area contributed by atoms with E-state index in [1.54, 1.807) is 0 Å². The molecule has 2 aliphatic rings. The first-order valence-corrected chi connectivity index (χ1v) is 6.21. The van der Waals surface area contributed by atoms with Crippen LogP contribution in [0.4, 0.5) is 0 Å². The molecule has 3 atom stereocenters. The van der Waals surface area contributed by atoms with E-state index in [4.69, 9.17) is 4.74 Å². The van der Waals surface area contributed by atoms with E-state index in [9.17, 15) is 0 Å². The fourth-order valence-corrected chi connectivity index (χ4v) is 2.83. The third-order valence-corrected chi connectivity index (χ3v) is 3.86. The molecule has 16 heavy (non-hydrogen) atoms. The highest BCUT2D eigenvalue weighted by Crippen LogP contribution is 2.37. The van der Waals surface area contributed by atoms with Gasteiger partial charge < -0.3 is 10.1 Å². The van der Waals surface area contributed by atoms with Gasteiger partial charge in [0.15, 0.2) is 0 Å². The fraction of sp³-hybridized carbons (Fsp3) is 0.571. The third kappa shape index (κ3) is 1.57. The van der Waals surface area contributed by atoms with Crippen molar-refractivity contribution in [3.8, 4) is 0 Å². The smallest absolute Gasteiger partial charge is 0.0984 e. The van der Waals surface area contributed by atoms with Crippen LogP contribution >= 0.6 is 0 Å². The Morgan fingerprint density at radius 1 is 1.31 bits per heavy atom. The minimum Gasteiger partial charge on any atom is -0.370 e. The summed E-state index contributed by atoms with van der Waals surface area (Å²) >= 11 is 0. The van der Waals surface area contributed by atoms with E-state index in [1.165, 1.54) is 11.1 Å². The van der Waals surface area contributed by atoms with Gasteiger partial charge in [0, 0.05) is 12.1 Å². The molecule has 0 amide bonds. The summed E-state index contributed by atoms with van der Waals surface area (Å²) in [5.74, 6) is 0.643. The highest BCUT2D eigenvalue weighted by molar-refractivity contribution is 5.36. The van der Waals surface area contributed by atoms with E-state index < -0.39 is 0 Å². The minimum absolute atomic E-state index is 0.284.